The molecule has 0 fully saturated rings. The van der Waals surface area contributed by atoms with Gasteiger partial charge in [0.2, 0.25) is 0 Å². The first-order valence-electron chi connectivity index (χ1n) is 8.91. The second-order valence-corrected chi connectivity index (χ2v) is 6.74. The van der Waals surface area contributed by atoms with E-state index in [-0.39, 0.29) is 0 Å². The number of rotatable bonds is 6. The molecule has 5 heteroatoms. The highest BCUT2D eigenvalue weighted by atomic mass is 16.4. The summed E-state index contributed by atoms with van der Waals surface area (Å²) in [5.41, 5.74) is 5.11. The second-order valence-electron chi connectivity index (χ2n) is 6.74. The van der Waals surface area contributed by atoms with E-state index in [1.165, 1.54) is 11.3 Å². The molecule has 2 aromatic carbocycles. The van der Waals surface area contributed by atoms with E-state index in [2.05, 4.69) is 58.0 Å². The third-order valence-electron chi connectivity index (χ3n) is 4.44. The number of anilines is 1. The summed E-state index contributed by atoms with van der Waals surface area (Å²) in [6.45, 7) is 0.734. The Morgan fingerprint density at radius 1 is 0.815 bits per heavy atom. The van der Waals surface area contributed by atoms with Crippen molar-refractivity contribution in [2.24, 2.45) is 0 Å². The predicted molar refractivity (Wildman–Crippen MR) is 112 cm³/mol. The van der Waals surface area contributed by atoms with Crippen molar-refractivity contribution in [3.8, 4) is 0 Å². The quantitative estimate of drug-likeness (QED) is 0.522. The van der Waals surface area contributed by atoms with Crippen LogP contribution in [0.15, 0.2) is 73.1 Å². The lowest BCUT2D eigenvalue weighted by atomic mass is 9.80. The Bertz CT molecular complexity index is 887. The molecule has 3 rings (SSSR count). The maximum absolute atomic E-state index is 9.15. The molecule has 0 aliphatic carbocycles. The number of hydrogen-bond donors (Lipinski definition) is 2. The Morgan fingerprint density at radius 3 is 1.89 bits per heavy atom. The molecule has 0 radical (unpaired) electrons. The van der Waals surface area contributed by atoms with E-state index in [9.17, 15) is 0 Å². The molecule has 3 aromatic rings. The minimum absolute atomic E-state index is 0.503. The third kappa shape index (κ3) is 5.30. The monoisotopic (exact) mass is 359 g/mol. The lowest BCUT2D eigenvalue weighted by Gasteiger charge is -2.11. The van der Waals surface area contributed by atoms with Gasteiger partial charge in [-0.05, 0) is 28.7 Å². The smallest absolute Gasteiger partial charge is 0.423 e. The van der Waals surface area contributed by atoms with Crippen molar-refractivity contribution >= 4 is 30.4 Å². The van der Waals surface area contributed by atoms with E-state index in [4.69, 9.17) is 10.0 Å². The van der Waals surface area contributed by atoms with Crippen LogP contribution in [0.3, 0.4) is 0 Å². The number of aromatic nitrogens is 1. The molecule has 4 nitrogen and oxygen atoms in total. The summed E-state index contributed by atoms with van der Waals surface area (Å²) < 4.78 is 2.09. The molecule has 0 unspecified atom stereocenters. The van der Waals surface area contributed by atoms with Gasteiger partial charge < -0.3 is 14.9 Å². The van der Waals surface area contributed by atoms with Crippen molar-refractivity contribution in [2.45, 2.75) is 6.54 Å². The van der Waals surface area contributed by atoms with Crippen molar-refractivity contribution < 1.29 is 14.6 Å². The van der Waals surface area contributed by atoms with Gasteiger partial charge in [-0.15, -0.1) is 0 Å². The summed E-state index contributed by atoms with van der Waals surface area (Å²) in [7, 11) is 2.65. The van der Waals surface area contributed by atoms with E-state index in [1.807, 2.05) is 38.6 Å². The van der Waals surface area contributed by atoms with Gasteiger partial charge in [0.1, 0.15) is 0 Å². The Kier molecular flexibility index (Phi) is 6.06. The standard InChI is InChI=1S/C22H24BN2O2/c1-24(2)22-11-7-18(8-12-22)3-4-19-13-15-25(16-14-19)17-20-5-9-21(10-6-20)23(26)27/h3-16,26-27H,17H2,1-2H3/q+1. The van der Waals surface area contributed by atoms with Gasteiger partial charge in [0.15, 0.2) is 18.9 Å². The van der Waals surface area contributed by atoms with Crippen LogP contribution in [0.25, 0.3) is 12.2 Å². The molecule has 0 aliphatic heterocycles. The lowest BCUT2D eigenvalue weighted by molar-refractivity contribution is -0.688. The zero-order chi connectivity index (χ0) is 19.2. The molecule has 0 saturated heterocycles. The van der Waals surface area contributed by atoms with E-state index >= 15 is 0 Å². The van der Waals surface area contributed by atoms with Crippen LogP contribution in [0.1, 0.15) is 16.7 Å². The molecule has 0 bridgehead atoms. The van der Waals surface area contributed by atoms with Gasteiger partial charge in [-0.1, -0.05) is 48.6 Å². The van der Waals surface area contributed by atoms with Crippen molar-refractivity contribution in [3.05, 3.63) is 89.7 Å². The molecule has 0 aliphatic rings. The fourth-order valence-electron chi connectivity index (χ4n) is 2.77. The summed E-state index contributed by atoms with van der Waals surface area (Å²) in [4.78, 5) is 2.09. The molecular weight excluding hydrogens is 335 g/mol. The van der Waals surface area contributed by atoms with E-state index in [0.717, 1.165) is 17.7 Å². The predicted octanol–water partition coefficient (Wildman–Crippen LogP) is 1.94. The maximum Gasteiger partial charge on any atom is 0.488 e. The summed E-state index contributed by atoms with van der Waals surface area (Å²) in [5, 5.41) is 18.3. The third-order valence-corrected chi connectivity index (χ3v) is 4.44. The average Bonchev–Trinajstić information content (AvgIpc) is 2.68. The van der Waals surface area contributed by atoms with Crippen LogP contribution in [0.5, 0.6) is 0 Å². The van der Waals surface area contributed by atoms with Gasteiger partial charge >= 0.3 is 7.12 Å². The van der Waals surface area contributed by atoms with E-state index < -0.39 is 7.12 Å². The maximum atomic E-state index is 9.15. The summed E-state index contributed by atoms with van der Waals surface area (Å²) in [6, 6.07) is 19.9. The molecule has 0 atom stereocenters. The average molecular weight is 359 g/mol. The van der Waals surface area contributed by atoms with Gasteiger partial charge in [-0.25, -0.2) is 4.57 Å². The van der Waals surface area contributed by atoms with E-state index in [1.54, 1.807) is 12.1 Å². The number of pyridine rings is 1. The fraction of sp³-hybridized carbons (Fsp3) is 0.136. The van der Waals surface area contributed by atoms with Crippen LogP contribution in [0.4, 0.5) is 5.69 Å². The van der Waals surface area contributed by atoms with Crippen LogP contribution in [0, 0.1) is 0 Å². The number of hydrogen-bond acceptors (Lipinski definition) is 3. The van der Waals surface area contributed by atoms with Gasteiger partial charge in [-0.2, -0.15) is 0 Å². The highest BCUT2D eigenvalue weighted by Crippen LogP contribution is 2.14. The molecule has 2 N–H and O–H groups in total. The normalized spacial score (nSPS) is 11.0. The Balaban J connectivity index is 1.62. The van der Waals surface area contributed by atoms with Gasteiger partial charge in [0.05, 0.1) is 0 Å². The second kappa shape index (κ2) is 8.67. The SMILES string of the molecule is CN(C)c1ccc(/C=C/c2cc[n+](Cc3ccc(B(O)O)cc3)cc2)cc1. The lowest BCUT2D eigenvalue weighted by Crippen LogP contribution is -2.34. The molecule has 0 saturated carbocycles. The van der Waals surface area contributed by atoms with E-state index in [0.29, 0.717) is 5.46 Å². The van der Waals surface area contributed by atoms with Crippen LogP contribution < -0.4 is 14.9 Å². The topological polar surface area (TPSA) is 47.6 Å². The van der Waals surface area contributed by atoms with Crippen LogP contribution in [-0.2, 0) is 6.54 Å². The number of benzene rings is 2. The Hall–Kier alpha value is -2.89. The summed E-state index contributed by atoms with van der Waals surface area (Å²) >= 11 is 0. The highest BCUT2D eigenvalue weighted by molar-refractivity contribution is 6.58. The Labute approximate surface area is 160 Å². The zero-order valence-corrected chi connectivity index (χ0v) is 15.7. The first kappa shape index (κ1) is 18.9. The zero-order valence-electron chi connectivity index (χ0n) is 15.7. The minimum Gasteiger partial charge on any atom is -0.423 e. The molecule has 1 aromatic heterocycles. The molecule has 1 heterocycles. The van der Waals surface area contributed by atoms with Gasteiger partial charge in [0, 0.05) is 37.5 Å². The van der Waals surface area contributed by atoms with Gasteiger partial charge in [-0.3, -0.25) is 0 Å². The molecule has 0 amide bonds. The van der Waals surface area contributed by atoms with Crippen LogP contribution in [0.2, 0.25) is 0 Å². The fourth-order valence-corrected chi connectivity index (χ4v) is 2.77. The van der Waals surface area contributed by atoms with Crippen LogP contribution >= 0.6 is 0 Å². The first-order valence-corrected chi connectivity index (χ1v) is 8.91. The minimum atomic E-state index is -1.42. The molecular formula is C22H24BN2O2+. The number of nitrogens with zero attached hydrogens (tertiary/aromatic N) is 2. The highest BCUT2D eigenvalue weighted by Gasteiger charge is 2.10. The first-order chi connectivity index (χ1) is 13.0. The van der Waals surface area contributed by atoms with Crippen LogP contribution in [-0.4, -0.2) is 31.3 Å². The Morgan fingerprint density at radius 2 is 1.37 bits per heavy atom. The van der Waals surface area contributed by atoms with Crippen molar-refractivity contribution in [2.75, 3.05) is 19.0 Å². The summed E-state index contributed by atoms with van der Waals surface area (Å²) in [6.07, 6.45) is 8.30. The van der Waals surface area contributed by atoms with Crippen molar-refractivity contribution in [1.29, 1.82) is 0 Å². The van der Waals surface area contributed by atoms with Crippen molar-refractivity contribution in [3.63, 3.8) is 0 Å². The summed E-state index contributed by atoms with van der Waals surface area (Å²) in [5.74, 6) is 0. The molecule has 136 valence electrons. The largest absolute Gasteiger partial charge is 0.488 e. The molecule has 27 heavy (non-hydrogen) atoms. The van der Waals surface area contributed by atoms with Gasteiger partial charge in [0.25, 0.3) is 0 Å². The molecule has 0 spiro atoms. The van der Waals surface area contributed by atoms with Crippen molar-refractivity contribution in [1.82, 2.24) is 0 Å².